The molecule has 8 nitrogen and oxygen atoms in total. The molecule has 0 fully saturated rings. The van der Waals surface area contributed by atoms with Gasteiger partial charge in [-0.1, -0.05) is 60.7 Å². The second kappa shape index (κ2) is 13.2. The second-order valence-corrected chi connectivity index (χ2v) is 12.1. The standard InChI is InChI=1S/C34H34N2O6S/c1-34(2,3)42-33(38)35-24-15-16-25-27(19-24)43-18-17-26-29(25)36-31(41-21-23-13-9-6-10-14-23)28(32(37)39-4)30(26)40-20-22-11-7-5-8-12-22/h5-16,19H,17-18,20-21H2,1-4H3,(H,35,38). The van der Waals surface area contributed by atoms with Gasteiger partial charge >= 0.3 is 12.1 Å². The number of hydrogen-bond acceptors (Lipinski definition) is 8. The molecule has 222 valence electrons. The molecule has 0 saturated carbocycles. The maximum absolute atomic E-state index is 13.3. The topological polar surface area (TPSA) is 96.0 Å². The summed E-state index contributed by atoms with van der Waals surface area (Å²) in [6.07, 6.45) is 0.0596. The molecule has 0 unspecified atom stereocenters. The number of rotatable bonds is 8. The third-order valence-electron chi connectivity index (χ3n) is 6.54. The number of methoxy groups -OCH3 is 1. The highest BCUT2D eigenvalue weighted by Crippen LogP contribution is 2.45. The minimum absolute atomic E-state index is 0.131. The third kappa shape index (κ3) is 7.48. The summed E-state index contributed by atoms with van der Waals surface area (Å²) in [5.74, 6) is 0.638. The van der Waals surface area contributed by atoms with Crippen molar-refractivity contribution in [3.8, 4) is 22.9 Å². The van der Waals surface area contributed by atoms with Gasteiger partial charge in [0.15, 0.2) is 5.56 Å². The molecule has 1 amide bonds. The maximum Gasteiger partial charge on any atom is 0.412 e. The number of anilines is 1. The van der Waals surface area contributed by atoms with Crippen LogP contribution in [0.1, 0.15) is 47.8 Å². The van der Waals surface area contributed by atoms with Gasteiger partial charge in [-0.15, -0.1) is 11.8 Å². The Kier molecular flexibility index (Phi) is 9.21. The number of fused-ring (bicyclic) bond motifs is 3. The van der Waals surface area contributed by atoms with Gasteiger partial charge in [-0.25, -0.2) is 14.6 Å². The molecule has 1 aliphatic rings. The summed E-state index contributed by atoms with van der Waals surface area (Å²) in [6.45, 7) is 5.91. The number of carbonyl (C=O) groups is 2. The lowest BCUT2D eigenvalue weighted by atomic mass is 9.99. The molecule has 1 aliphatic heterocycles. The predicted octanol–water partition coefficient (Wildman–Crippen LogP) is 7.69. The predicted molar refractivity (Wildman–Crippen MR) is 167 cm³/mol. The minimum atomic E-state index is -0.614. The van der Waals surface area contributed by atoms with Crippen molar-refractivity contribution in [2.45, 2.75) is 50.9 Å². The van der Waals surface area contributed by atoms with Crippen molar-refractivity contribution in [2.24, 2.45) is 0 Å². The lowest BCUT2D eigenvalue weighted by Crippen LogP contribution is -2.27. The monoisotopic (exact) mass is 598 g/mol. The highest BCUT2D eigenvalue weighted by Gasteiger charge is 2.31. The Labute approximate surface area is 255 Å². The Morgan fingerprint density at radius 3 is 2.19 bits per heavy atom. The van der Waals surface area contributed by atoms with Crippen LogP contribution in [0.15, 0.2) is 83.8 Å². The van der Waals surface area contributed by atoms with Crippen LogP contribution in [0.5, 0.6) is 11.6 Å². The van der Waals surface area contributed by atoms with Crippen LogP contribution in [0.25, 0.3) is 11.3 Å². The Morgan fingerprint density at radius 1 is 0.907 bits per heavy atom. The molecule has 4 aromatic rings. The molecule has 0 aliphatic carbocycles. The molecule has 0 bridgehead atoms. The van der Waals surface area contributed by atoms with E-state index in [0.717, 1.165) is 27.1 Å². The van der Waals surface area contributed by atoms with Gasteiger partial charge in [0.2, 0.25) is 5.88 Å². The highest BCUT2D eigenvalue weighted by molar-refractivity contribution is 7.99. The van der Waals surface area contributed by atoms with E-state index in [9.17, 15) is 9.59 Å². The fourth-order valence-electron chi connectivity index (χ4n) is 4.64. The van der Waals surface area contributed by atoms with E-state index in [1.165, 1.54) is 7.11 Å². The molecule has 0 radical (unpaired) electrons. The van der Waals surface area contributed by atoms with Crippen molar-refractivity contribution in [3.63, 3.8) is 0 Å². The average molecular weight is 599 g/mol. The lowest BCUT2D eigenvalue weighted by molar-refractivity contribution is 0.0586. The van der Waals surface area contributed by atoms with Gasteiger partial charge in [0.05, 0.1) is 12.8 Å². The largest absolute Gasteiger partial charge is 0.487 e. The van der Waals surface area contributed by atoms with Crippen LogP contribution < -0.4 is 14.8 Å². The molecule has 2 heterocycles. The summed E-state index contributed by atoms with van der Waals surface area (Å²) in [6, 6.07) is 25.1. The average Bonchev–Trinajstić information content (AvgIpc) is 3.17. The lowest BCUT2D eigenvalue weighted by Gasteiger charge is -2.21. The molecular weight excluding hydrogens is 564 g/mol. The molecule has 9 heteroatoms. The minimum Gasteiger partial charge on any atom is -0.487 e. The number of thioether (sulfide) groups is 1. The molecule has 0 spiro atoms. The fraction of sp³-hybridized carbons (Fsp3) is 0.265. The van der Waals surface area contributed by atoms with Crippen LogP contribution in [0.3, 0.4) is 0 Å². The number of hydrogen-bond donors (Lipinski definition) is 1. The second-order valence-electron chi connectivity index (χ2n) is 10.9. The SMILES string of the molecule is COC(=O)c1c(OCc2ccccc2)nc2c(c1OCc1ccccc1)CCSc1cc(NC(=O)OC(C)(C)C)ccc1-2. The van der Waals surface area contributed by atoms with Crippen LogP contribution >= 0.6 is 11.8 Å². The summed E-state index contributed by atoms with van der Waals surface area (Å²) < 4.78 is 23.3. The zero-order valence-electron chi connectivity index (χ0n) is 24.6. The van der Waals surface area contributed by atoms with Crippen LogP contribution in [0, 0.1) is 0 Å². The number of ether oxygens (including phenoxy) is 4. The summed E-state index contributed by atoms with van der Waals surface area (Å²) in [5.41, 5.74) is 4.33. The number of aromatic nitrogens is 1. The Hall–Kier alpha value is -4.50. The Bertz CT molecular complexity index is 1600. The zero-order chi connectivity index (χ0) is 30.4. The van der Waals surface area contributed by atoms with E-state index >= 15 is 0 Å². The quantitative estimate of drug-likeness (QED) is 0.206. The summed E-state index contributed by atoms with van der Waals surface area (Å²) in [5, 5.41) is 2.82. The summed E-state index contributed by atoms with van der Waals surface area (Å²) in [4.78, 5) is 31.5. The van der Waals surface area contributed by atoms with E-state index in [1.54, 1.807) is 11.8 Å². The number of nitrogens with zero attached hydrogens (tertiary/aromatic N) is 1. The first kappa shape index (κ1) is 30.0. The molecule has 43 heavy (non-hydrogen) atoms. The number of pyridine rings is 1. The van der Waals surface area contributed by atoms with Gasteiger partial charge in [0.25, 0.3) is 0 Å². The van der Waals surface area contributed by atoms with E-state index in [-0.39, 0.29) is 24.7 Å². The first-order valence-electron chi connectivity index (χ1n) is 14.0. The third-order valence-corrected chi connectivity index (χ3v) is 7.60. The van der Waals surface area contributed by atoms with Crippen LogP contribution in [0.2, 0.25) is 0 Å². The van der Waals surface area contributed by atoms with Gasteiger partial charge in [0, 0.05) is 27.5 Å². The smallest absolute Gasteiger partial charge is 0.412 e. The summed E-state index contributed by atoms with van der Waals surface area (Å²) in [7, 11) is 1.33. The molecule has 0 saturated heterocycles. The van der Waals surface area contributed by atoms with Crippen molar-refractivity contribution in [1.29, 1.82) is 0 Å². The molecular formula is C34H34N2O6S. The first-order valence-corrected chi connectivity index (χ1v) is 15.0. The number of nitrogens with one attached hydrogen (secondary N) is 1. The maximum atomic E-state index is 13.3. The first-order chi connectivity index (χ1) is 20.7. The van der Waals surface area contributed by atoms with Crippen LogP contribution in [0.4, 0.5) is 10.5 Å². The van der Waals surface area contributed by atoms with Crippen LogP contribution in [-0.4, -0.2) is 35.5 Å². The van der Waals surface area contributed by atoms with Gasteiger partial charge in [0.1, 0.15) is 24.6 Å². The van der Waals surface area contributed by atoms with E-state index < -0.39 is 17.7 Å². The van der Waals surface area contributed by atoms with E-state index in [4.69, 9.17) is 23.9 Å². The van der Waals surface area contributed by atoms with Crippen molar-refractivity contribution in [1.82, 2.24) is 4.98 Å². The van der Waals surface area contributed by atoms with Crippen molar-refractivity contribution < 1.29 is 28.5 Å². The van der Waals surface area contributed by atoms with Crippen molar-refractivity contribution in [2.75, 3.05) is 18.2 Å². The summed E-state index contributed by atoms with van der Waals surface area (Å²) >= 11 is 1.64. The van der Waals surface area contributed by atoms with E-state index in [2.05, 4.69) is 5.32 Å². The van der Waals surface area contributed by atoms with Gasteiger partial charge < -0.3 is 18.9 Å². The highest BCUT2D eigenvalue weighted by atomic mass is 32.2. The fourth-order valence-corrected chi connectivity index (χ4v) is 5.69. The molecule has 1 aromatic heterocycles. The number of esters is 1. The Balaban J connectivity index is 1.59. The van der Waals surface area contributed by atoms with E-state index in [1.807, 2.05) is 99.6 Å². The molecule has 1 N–H and O–H groups in total. The normalized spacial score (nSPS) is 12.3. The number of amides is 1. The van der Waals surface area contributed by atoms with Gasteiger partial charge in [-0.2, -0.15) is 0 Å². The molecule has 0 atom stereocenters. The number of benzene rings is 3. The van der Waals surface area contributed by atoms with Gasteiger partial charge in [-0.3, -0.25) is 5.32 Å². The van der Waals surface area contributed by atoms with Crippen molar-refractivity contribution in [3.05, 3.63) is 101 Å². The van der Waals surface area contributed by atoms with E-state index in [0.29, 0.717) is 29.3 Å². The molecule has 3 aromatic carbocycles. The van der Waals surface area contributed by atoms with Gasteiger partial charge in [-0.05, 0) is 56.5 Å². The molecule has 5 rings (SSSR count). The Morgan fingerprint density at radius 2 is 1.56 bits per heavy atom. The zero-order valence-corrected chi connectivity index (χ0v) is 25.5. The number of carbonyl (C=O) groups excluding carboxylic acids is 2. The van der Waals surface area contributed by atoms with Crippen LogP contribution in [-0.2, 0) is 29.1 Å². The van der Waals surface area contributed by atoms with Crippen molar-refractivity contribution >= 4 is 29.5 Å².